The van der Waals surface area contributed by atoms with Crippen LogP contribution < -0.4 is 5.11 Å². The highest BCUT2D eigenvalue weighted by Crippen LogP contribution is 2.19. The van der Waals surface area contributed by atoms with Crippen LogP contribution in [0.2, 0.25) is 0 Å². The molecule has 14 heavy (non-hydrogen) atoms. The van der Waals surface area contributed by atoms with Crippen molar-refractivity contribution < 1.29 is 9.90 Å². The fourth-order valence-electron chi connectivity index (χ4n) is 1.62. The minimum absolute atomic E-state index is 0.140. The van der Waals surface area contributed by atoms with E-state index in [4.69, 9.17) is 0 Å². The molecule has 0 aliphatic heterocycles. The molecule has 3 heteroatoms. The molecule has 0 saturated heterocycles. The Hall–Kier alpha value is -1.77. The molecule has 2 rings (SSSR count). The summed E-state index contributed by atoms with van der Waals surface area (Å²) in [6.07, 6.45) is 0.879. The van der Waals surface area contributed by atoms with Crippen LogP contribution in [0.4, 0.5) is 0 Å². The molecule has 1 heterocycles. The van der Waals surface area contributed by atoms with Gasteiger partial charge in [-0.25, -0.2) is 0 Å². The van der Waals surface area contributed by atoms with Crippen molar-refractivity contribution in [3.8, 4) is 0 Å². The van der Waals surface area contributed by atoms with Gasteiger partial charge in [-0.3, -0.25) is 0 Å². The average Bonchev–Trinajstić information content (AvgIpc) is 2.60. The molecular weight excluding hydrogens is 178 g/mol. The molecule has 0 aliphatic rings. The number of aromatic nitrogens is 1. The Morgan fingerprint density at radius 2 is 2.29 bits per heavy atom. The van der Waals surface area contributed by atoms with Crippen molar-refractivity contribution in [1.82, 2.24) is 4.98 Å². The molecule has 0 atom stereocenters. The van der Waals surface area contributed by atoms with E-state index in [1.54, 1.807) is 6.07 Å². The summed E-state index contributed by atoms with van der Waals surface area (Å²) in [6, 6.07) is 7.40. The lowest BCUT2D eigenvalue weighted by atomic mass is 10.1. The molecule has 0 spiro atoms. The summed E-state index contributed by atoms with van der Waals surface area (Å²) in [4.78, 5) is 13.5. The summed E-state index contributed by atoms with van der Waals surface area (Å²) >= 11 is 0. The zero-order valence-corrected chi connectivity index (χ0v) is 7.83. The van der Waals surface area contributed by atoms with E-state index in [0.29, 0.717) is 0 Å². The SMILES string of the molecule is CCc1cccc2cc(C(=O)[O-])[nH]c12. The standard InChI is InChI=1S/C11H11NO2/c1-2-7-4-3-5-8-6-9(11(13)14)12-10(7)8/h3-6,12H,2H2,1H3,(H,13,14)/p-1. The molecule has 0 amide bonds. The molecule has 1 aromatic heterocycles. The van der Waals surface area contributed by atoms with Crippen molar-refractivity contribution >= 4 is 16.9 Å². The molecule has 2 aromatic rings. The Bertz CT molecular complexity index is 485. The third-order valence-corrected chi connectivity index (χ3v) is 2.34. The lowest BCUT2D eigenvalue weighted by molar-refractivity contribution is -0.255. The number of rotatable bonds is 2. The average molecular weight is 188 g/mol. The zero-order valence-electron chi connectivity index (χ0n) is 7.83. The van der Waals surface area contributed by atoms with Crippen LogP contribution in [0.3, 0.4) is 0 Å². The van der Waals surface area contributed by atoms with Crippen molar-refractivity contribution in [2.45, 2.75) is 13.3 Å². The summed E-state index contributed by atoms with van der Waals surface area (Å²) < 4.78 is 0. The van der Waals surface area contributed by atoms with Gasteiger partial charge in [0.05, 0.1) is 11.7 Å². The van der Waals surface area contributed by atoms with Crippen LogP contribution in [0.1, 0.15) is 23.0 Å². The van der Waals surface area contributed by atoms with E-state index in [9.17, 15) is 9.90 Å². The van der Waals surface area contributed by atoms with E-state index in [1.807, 2.05) is 25.1 Å². The lowest BCUT2D eigenvalue weighted by Gasteiger charge is -1.98. The Labute approximate surface area is 81.4 Å². The molecule has 0 radical (unpaired) electrons. The number of carbonyl (C=O) groups is 1. The van der Waals surface area contributed by atoms with Gasteiger partial charge in [0.15, 0.2) is 0 Å². The van der Waals surface area contributed by atoms with Crippen molar-refractivity contribution in [3.63, 3.8) is 0 Å². The number of aromatic amines is 1. The van der Waals surface area contributed by atoms with Crippen LogP contribution in [0.15, 0.2) is 24.3 Å². The number of hydrogen-bond acceptors (Lipinski definition) is 2. The normalized spacial score (nSPS) is 10.6. The lowest BCUT2D eigenvalue weighted by Crippen LogP contribution is -2.22. The van der Waals surface area contributed by atoms with Gasteiger partial charge in [-0.2, -0.15) is 0 Å². The molecule has 0 aliphatic carbocycles. The second-order valence-electron chi connectivity index (χ2n) is 3.21. The van der Waals surface area contributed by atoms with Gasteiger partial charge in [-0.15, -0.1) is 0 Å². The van der Waals surface area contributed by atoms with Gasteiger partial charge in [0, 0.05) is 10.9 Å². The number of carbonyl (C=O) groups excluding carboxylic acids is 1. The molecule has 3 nitrogen and oxygen atoms in total. The van der Waals surface area contributed by atoms with E-state index < -0.39 is 5.97 Å². The fraction of sp³-hybridized carbons (Fsp3) is 0.182. The molecule has 1 aromatic carbocycles. The summed E-state index contributed by atoms with van der Waals surface area (Å²) in [6.45, 7) is 2.04. The van der Waals surface area contributed by atoms with Crippen LogP contribution >= 0.6 is 0 Å². The monoisotopic (exact) mass is 188 g/mol. The highest BCUT2D eigenvalue weighted by Gasteiger charge is 2.03. The van der Waals surface area contributed by atoms with E-state index in [1.165, 1.54) is 0 Å². The Morgan fingerprint density at radius 1 is 1.50 bits per heavy atom. The Morgan fingerprint density at radius 3 is 2.93 bits per heavy atom. The molecule has 0 unspecified atom stereocenters. The van der Waals surface area contributed by atoms with E-state index in [-0.39, 0.29) is 5.69 Å². The molecular formula is C11H10NO2-. The van der Waals surface area contributed by atoms with Crippen molar-refractivity contribution in [1.29, 1.82) is 0 Å². The maximum atomic E-state index is 10.6. The van der Waals surface area contributed by atoms with Gasteiger partial charge in [0.1, 0.15) is 0 Å². The number of fused-ring (bicyclic) bond motifs is 1. The fourth-order valence-corrected chi connectivity index (χ4v) is 1.62. The summed E-state index contributed by atoms with van der Waals surface area (Å²) in [7, 11) is 0. The van der Waals surface area contributed by atoms with E-state index >= 15 is 0 Å². The predicted molar refractivity (Wildman–Crippen MR) is 52.0 cm³/mol. The number of nitrogens with one attached hydrogen (secondary N) is 1. The summed E-state index contributed by atoms with van der Waals surface area (Å²) in [5.74, 6) is -1.16. The second kappa shape index (κ2) is 3.18. The largest absolute Gasteiger partial charge is 0.543 e. The third kappa shape index (κ3) is 1.27. The van der Waals surface area contributed by atoms with Gasteiger partial charge in [-0.05, 0) is 18.1 Å². The molecule has 1 N–H and O–H groups in total. The van der Waals surface area contributed by atoms with Crippen molar-refractivity contribution in [3.05, 3.63) is 35.5 Å². The van der Waals surface area contributed by atoms with Crippen LogP contribution in [0, 0.1) is 0 Å². The summed E-state index contributed by atoms with van der Waals surface area (Å²) in [5, 5.41) is 11.5. The van der Waals surface area contributed by atoms with Gasteiger partial charge >= 0.3 is 0 Å². The molecule has 0 fully saturated rings. The minimum Gasteiger partial charge on any atom is -0.543 e. The zero-order chi connectivity index (χ0) is 10.1. The number of carboxylic acids is 1. The number of H-pyrrole nitrogens is 1. The first-order valence-corrected chi connectivity index (χ1v) is 4.54. The van der Waals surface area contributed by atoms with Crippen LogP contribution in [0.25, 0.3) is 10.9 Å². The first kappa shape index (κ1) is 8.81. The molecule has 72 valence electrons. The van der Waals surface area contributed by atoms with Gasteiger partial charge in [-0.1, -0.05) is 25.1 Å². The predicted octanol–water partition coefficient (Wildman–Crippen LogP) is 1.09. The highest BCUT2D eigenvalue weighted by molar-refractivity contribution is 5.93. The Balaban J connectivity index is 2.70. The van der Waals surface area contributed by atoms with Crippen LogP contribution in [-0.4, -0.2) is 11.0 Å². The van der Waals surface area contributed by atoms with Crippen molar-refractivity contribution in [2.24, 2.45) is 0 Å². The number of aryl methyl sites for hydroxylation is 1. The molecule has 0 bridgehead atoms. The number of benzene rings is 1. The topological polar surface area (TPSA) is 55.9 Å². The maximum absolute atomic E-state index is 10.6. The van der Waals surface area contributed by atoms with Gasteiger partial charge in [0.25, 0.3) is 0 Å². The maximum Gasteiger partial charge on any atom is 0.0878 e. The van der Waals surface area contributed by atoms with Gasteiger partial charge < -0.3 is 14.9 Å². The Kier molecular flexibility index (Phi) is 2.00. The number of hydrogen-bond donors (Lipinski definition) is 1. The quantitative estimate of drug-likeness (QED) is 0.767. The summed E-state index contributed by atoms with van der Waals surface area (Å²) in [5.41, 5.74) is 2.16. The van der Waals surface area contributed by atoms with Gasteiger partial charge in [0.2, 0.25) is 0 Å². The first-order chi connectivity index (χ1) is 6.72. The number of para-hydroxylation sites is 1. The third-order valence-electron chi connectivity index (χ3n) is 2.34. The number of carboxylic acid groups (broad SMARTS) is 1. The van der Waals surface area contributed by atoms with Crippen LogP contribution in [-0.2, 0) is 6.42 Å². The van der Waals surface area contributed by atoms with Crippen LogP contribution in [0.5, 0.6) is 0 Å². The minimum atomic E-state index is -1.16. The highest BCUT2D eigenvalue weighted by atomic mass is 16.4. The second-order valence-corrected chi connectivity index (χ2v) is 3.21. The first-order valence-electron chi connectivity index (χ1n) is 4.54. The molecule has 0 saturated carbocycles. The number of aromatic carboxylic acids is 1. The van der Waals surface area contributed by atoms with E-state index in [2.05, 4.69) is 4.98 Å². The van der Waals surface area contributed by atoms with Crippen molar-refractivity contribution in [2.75, 3.05) is 0 Å². The smallest absolute Gasteiger partial charge is 0.0878 e. The van der Waals surface area contributed by atoms with E-state index in [0.717, 1.165) is 22.9 Å².